The third kappa shape index (κ3) is 2.34. The summed E-state index contributed by atoms with van der Waals surface area (Å²) in [6, 6.07) is 13.1. The monoisotopic (exact) mass is 282 g/mol. The predicted octanol–water partition coefficient (Wildman–Crippen LogP) is 4.32. The fourth-order valence-corrected chi connectivity index (χ4v) is 2.90. The first-order valence-electron chi connectivity index (χ1n) is 6.84. The average Bonchev–Trinajstić information content (AvgIpc) is 2.82. The minimum Gasteiger partial charge on any atom is -0.281 e. The van der Waals surface area contributed by atoms with Crippen molar-refractivity contribution in [2.24, 2.45) is 0 Å². The number of rotatable bonds is 3. The smallest absolute Gasteiger partial charge is 0.0929 e. The van der Waals surface area contributed by atoms with Crippen LogP contribution in [0.1, 0.15) is 16.8 Å². The third-order valence-corrected chi connectivity index (χ3v) is 3.91. The van der Waals surface area contributed by atoms with Gasteiger partial charge in [-0.2, -0.15) is 17.7 Å². The molecule has 3 aromatic rings. The number of nitrogens with one attached hydrogen (secondary N) is 1. The Kier molecular flexibility index (Phi) is 3.53. The van der Waals surface area contributed by atoms with E-state index < -0.39 is 0 Å². The highest BCUT2D eigenvalue weighted by Gasteiger charge is 2.08. The van der Waals surface area contributed by atoms with E-state index in [1.54, 1.807) is 0 Å². The van der Waals surface area contributed by atoms with E-state index in [-0.39, 0.29) is 0 Å². The molecule has 2 aromatic carbocycles. The van der Waals surface area contributed by atoms with E-state index in [4.69, 9.17) is 0 Å². The van der Waals surface area contributed by atoms with Crippen LogP contribution in [0.2, 0.25) is 0 Å². The molecule has 3 heteroatoms. The molecule has 0 saturated heterocycles. The highest BCUT2D eigenvalue weighted by molar-refractivity contribution is 7.80. The Balaban J connectivity index is 2.09. The number of fused-ring (bicyclic) bond motifs is 1. The topological polar surface area (TPSA) is 28.7 Å². The molecule has 0 aliphatic heterocycles. The molecule has 20 heavy (non-hydrogen) atoms. The van der Waals surface area contributed by atoms with Crippen LogP contribution in [0.3, 0.4) is 0 Å². The normalized spacial score (nSPS) is 11.2. The maximum atomic E-state index is 4.41. The molecular weight excluding hydrogens is 264 g/mol. The Hall–Kier alpha value is -1.74. The summed E-state index contributed by atoms with van der Waals surface area (Å²) >= 11 is 4.29. The molecule has 1 N–H and O–H groups in total. The molecular formula is C17H18N2S. The summed E-state index contributed by atoms with van der Waals surface area (Å²) in [7, 11) is 0. The molecule has 0 radical (unpaired) electrons. The maximum absolute atomic E-state index is 4.41. The van der Waals surface area contributed by atoms with Crippen molar-refractivity contribution >= 4 is 23.5 Å². The van der Waals surface area contributed by atoms with Gasteiger partial charge in [-0.15, -0.1) is 0 Å². The van der Waals surface area contributed by atoms with Gasteiger partial charge in [-0.1, -0.05) is 35.9 Å². The minimum atomic E-state index is 0.829. The fourth-order valence-electron chi connectivity index (χ4n) is 2.67. The summed E-state index contributed by atoms with van der Waals surface area (Å²) in [6.07, 6.45) is 0.919. The molecule has 2 nitrogen and oxygen atoms in total. The molecule has 0 aliphatic rings. The number of hydrogen-bond acceptors (Lipinski definition) is 2. The summed E-state index contributed by atoms with van der Waals surface area (Å²) in [4.78, 5) is 0. The van der Waals surface area contributed by atoms with Gasteiger partial charge in [0.2, 0.25) is 0 Å². The van der Waals surface area contributed by atoms with Crippen molar-refractivity contribution in [2.75, 3.05) is 5.75 Å². The Morgan fingerprint density at radius 1 is 1.10 bits per heavy atom. The number of benzene rings is 2. The zero-order valence-electron chi connectivity index (χ0n) is 11.8. The van der Waals surface area contributed by atoms with Gasteiger partial charge in [0.15, 0.2) is 0 Å². The molecule has 0 saturated carbocycles. The molecule has 1 aromatic heterocycles. The van der Waals surface area contributed by atoms with E-state index in [0.29, 0.717) is 0 Å². The van der Waals surface area contributed by atoms with Crippen LogP contribution in [-0.4, -0.2) is 16.0 Å². The van der Waals surface area contributed by atoms with E-state index in [0.717, 1.165) is 17.7 Å². The molecule has 0 bridgehead atoms. The molecule has 1 heterocycles. The van der Waals surface area contributed by atoms with Gasteiger partial charge in [-0.3, -0.25) is 5.10 Å². The van der Waals surface area contributed by atoms with Gasteiger partial charge in [-0.05, 0) is 48.8 Å². The summed E-state index contributed by atoms with van der Waals surface area (Å²) in [5.41, 5.74) is 7.29. The average molecular weight is 282 g/mol. The van der Waals surface area contributed by atoms with Gasteiger partial charge < -0.3 is 0 Å². The van der Waals surface area contributed by atoms with Gasteiger partial charge in [0, 0.05) is 11.1 Å². The van der Waals surface area contributed by atoms with Crippen molar-refractivity contribution in [2.45, 2.75) is 20.3 Å². The number of thiol groups is 1. The summed E-state index contributed by atoms with van der Waals surface area (Å²) in [5, 5.41) is 8.73. The molecule has 0 amide bonds. The summed E-state index contributed by atoms with van der Waals surface area (Å²) in [6.45, 7) is 4.28. The van der Waals surface area contributed by atoms with Gasteiger partial charge in [0.1, 0.15) is 0 Å². The van der Waals surface area contributed by atoms with Crippen molar-refractivity contribution in [3.05, 3.63) is 53.2 Å². The van der Waals surface area contributed by atoms with E-state index in [1.807, 2.05) is 0 Å². The van der Waals surface area contributed by atoms with Crippen LogP contribution in [0, 0.1) is 13.8 Å². The van der Waals surface area contributed by atoms with E-state index >= 15 is 0 Å². The van der Waals surface area contributed by atoms with Crippen molar-refractivity contribution < 1.29 is 0 Å². The molecule has 0 aliphatic carbocycles. The number of aromatic nitrogens is 2. The standard InChI is InChI=1S/C17H18N2S/c1-11-3-5-14(12(2)9-11)13-4-6-15-16(7-8-20)18-19-17(15)10-13/h3-6,9-10,20H,7-8H2,1-2H3,(H,18,19). The Morgan fingerprint density at radius 3 is 2.70 bits per heavy atom. The van der Waals surface area contributed by atoms with Crippen molar-refractivity contribution in [1.29, 1.82) is 0 Å². The van der Waals surface area contributed by atoms with Gasteiger partial charge >= 0.3 is 0 Å². The highest BCUT2D eigenvalue weighted by atomic mass is 32.1. The summed E-state index contributed by atoms with van der Waals surface area (Å²) in [5.74, 6) is 0.829. The Labute approximate surface area is 124 Å². The van der Waals surface area contributed by atoms with Gasteiger partial charge in [0.05, 0.1) is 5.52 Å². The van der Waals surface area contributed by atoms with Crippen LogP contribution in [0.4, 0.5) is 0 Å². The van der Waals surface area contributed by atoms with Crippen molar-refractivity contribution in [3.63, 3.8) is 0 Å². The molecule has 0 spiro atoms. The highest BCUT2D eigenvalue weighted by Crippen LogP contribution is 2.28. The predicted molar refractivity (Wildman–Crippen MR) is 88.6 cm³/mol. The number of H-pyrrole nitrogens is 1. The lowest BCUT2D eigenvalue weighted by atomic mass is 9.97. The van der Waals surface area contributed by atoms with E-state index in [2.05, 4.69) is 73.1 Å². The molecule has 0 atom stereocenters. The van der Waals surface area contributed by atoms with Crippen molar-refractivity contribution in [1.82, 2.24) is 10.2 Å². The van der Waals surface area contributed by atoms with Crippen LogP contribution in [0.25, 0.3) is 22.0 Å². The second-order valence-corrected chi connectivity index (χ2v) is 5.67. The molecule has 3 rings (SSSR count). The quantitative estimate of drug-likeness (QED) is 0.688. The van der Waals surface area contributed by atoms with Gasteiger partial charge in [-0.25, -0.2) is 0 Å². The molecule has 0 unspecified atom stereocenters. The van der Waals surface area contributed by atoms with E-state index in [9.17, 15) is 0 Å². The van der Waals surface area contributed by atoms with Crippen LogP contribution < -0.4 is 0 Å². The first-order valence-corrected chi connectivity index (χ1v) is 7.48. The molecule has 0 fully saturated rings. The first kappa shape index (κ1) is 13.3. The number of aryl methyl sites for hydroxylation is 3. The fraction of sp³-hybridized carbons (Fsp3) is 0.235. The summed E-state index contributed by atoms with van der Waals surface area (Å²) < 4.78 is 0. The lowest BCUT2D eigenvalue weighted by Gasteiger charge is -2.07. The number of aromatic amines is 1. The largest absolute Gasteiger partial charge is 0.281 e. The minimum absolute atomic E-state index is 0.829. The number of nitrogens with zero attached hydrogens (tertiary/aromatic N) is 1. The van der Waals surface area contributed by atoms with Crippen LogP contribution in [0.5, 0.6) is 0 Å². The van der Waals surface area contributed by atoms with E-state index in [1.165, 1.54) is 33.3 Å². The second-order valence-electron chi connectivity index (χ2n) is 5.23. The lowest BCUT2D eigenvalue weighted by molar-refractivity contribution is 0.997. The van der Waals surface area contributed by atoms with Crippen LogP contribution in [-0.2, 0) is 6.42 Å². The number of hydrogen-bond donors (Lipinski definition) is 2. The zero-order valence-corrected chi connectivity index (χ0v) is 12.7. The maximum Gasteiger partial charge on any atom is 0.0929 e. The first-order chi connectivity index (χ1) is 9.69. The van der Waals surface area contributed by atoms with Crippen LogP contribution >= 0.6 is 12.6 Å². The Bertz CT molecular complexity index is 759. The lowest BCUT2D eigenvalue weighted by Crippen LogP contribution is -1.87. The zero-order chi connectivity index (χ0) is 14.1. The second kappa shape index (κ2) is 5.33. The molecule has 102 valence electrons. The third-order valence-electron chi connectivity index (χ3n) is 3.69. The Morgan fingerprint density at radius 2 is 1.95 bits per heavy atom. The SMILES string of the molecule is Cc1ccc(-c2ccc3c(CCS)[nH]nc3c2)c(C)c1. The van der Waals surface area contributed by atoms with Crippen molar-refractivity contribution in [3.8, 4) is 11.1 Å². The van der Waals surface area contributed by atoms with Crippen LogP contribution in [0.15, 0.2) is 36.4 Å². The van der Waals surface area contributed by atoms with Gasteiger partial charge in [0.25, 0.3) is 0 Å².